The van der Waals surface area contributed by atoms with Crippen LogP contribution in [-0.2, 0) is 14.4 Å². The van der Waals surface area contributed by atoms with Gasteiger partial charge in [-0.25, -0.2) is 5.43 Å². The first kappa shape index (κ1) is 19.3. The molecule has 0 radical (unpaired) electrons. The Labute approximate surface area is 141 Å². The van der Waals surface area contributed by atoms with E-state index in [-0.39, 0.29) is 18.2 Å². The first-order valence-electron chi connectivity index (χ1n) is 7.75. The largest absolute Gasteiger partial charge is 0.348 e. The number of hydrogen-bond acceptors (Lipinski definition) is 4. The van der Waals surface area contributed by atoms with Crippen LogP contribution in [0, 0.1) is 12.8 Å². The zero-order valence-corrected chi connectivity index (χ0v) is 14.5. The van der Waals surface area contributed by atoms with Crippen LogP contribution in [0.15, 0.2) is 29.4 Å². The molecule has 0 atom stereocenters. The number of anilines is 1. The monoisotopic (exact) mass is 332 g/mol. The van der Waals surface area contributed by atoms with Crippen molar-refractivity contribution in [2.75, 3.05) is 11.9 Å². The number of nitrogens with zero attached hydrogens (tertiary/aromatic N) is 1. The molecule has 0 bridgehead atoms. The van der Waals surface area contributed by atoms with Crippen molar-refractivity contribution < 1.29 is 14.4 Å². The third kappa shape index (κ3) is 7.53. The number of benzene rings is 1. The Morgan fingerprint density at radius 3 is 2.50 bits per heavy atom. The second-order valence-corrected chi connectivity index (χ2v) is 5.99. The summed E-state index contributed by atoms with van der Waals surface area (Å²) in [6.07, 6.45) is 0.0157. The van der Waals surface area contributed by atoms with Crippen molar-refractivity contribution in [1.29, 1.82) is 0 Å². The minimum atomic E-state index is -0.853. The van der Waals surface area contributed by atoms with E-state index in [1.165, 1.54) is 0 Å². The van der Waals surface area contributed by atoms with E-state index < -0.39 is 11.8 Å². The van der Waals surface area contributed by atoms with Crippen molar-refractivity contribution in [1.82, 2.24) is 10.7 Å². The highest BCUT2D eigenvalue weighted by Crippen LogP contribution is 2.09. The van der Waals surface area contributed by atoms with Crippen LogP contribution in [0.1, 0.15) is 32.8 Å². The van der Waals surface area contributed by atoms with Crippen LogP contribution in [0.3, 0.4) is 0 Å². The fourth-order valence-electron chi connectivity index (χ4n) is 1.77. The molecule has 0 fully saturated rings. The fraction of sp³-hybridized carbons (Fsp3) is 0.412. The molecule has 0 aliphatic carbocycles. The van der Waals surface area contributed by atoms with Crippen LogP contribution >= 0.6 is 0 Å². The molecular formula is C17H24N4O3. The van der Waals surface area contributed by atoms with Crippen LogP contribution < -0.4 is 16.1 Å². The van der Waals surface area contributed by atoms with Gasteiger partial charge in [0.25, 0.3) is 0 Å². The Balaban J connectivity index is 2.44. The van der Waals surface area contributed by atoms with E-state index in [2.05, 4.69) is 21.2 Å². The molecule has 0 aromatic heterocycles. The van der Waals surface area contributed by atoms with Crippen molar-refractivity contribution >= 4 is 29.1 Å². The van der Waals surface area contributed by atoms with Crippen LogP contribution in [0.4, 0.5) is 5.69 Å². The predicted octanol–water partition coefficient (Wildman–Crippen LogP) is 1.59. The molecule has 3 amide bonds. The first-order chi connectivity index (χ1) is 11.3. The molecule has 24 heavy (non-hydrogen) atoms. The number of rotatable bonds is 6. The Morgan fingerprint density at radius 2 is 1.88 bits per heavy atom. The highest BCUT2D eigenvalue weighted by atomic mass is 16.2. The highest BCUT2D eigenvalue weighted by Gasteiger charge is 2.13. The Kier molecular flexibility index (Phi) is 7.61. The van der Waals surface area contributed by atoms with Gasteiger partial charge >= 0.3 is 11.8 Å². The van der Waals surface area contributed by atoms with E-state index in [0.29, 0.717) is 17.9 Å². The summed E-state index contributed by atoms with van der Waals surface area (Å²) in [6, 6.07) is 7.42. The average molecular weight is 332 g/mol. The van der Waals surface area contributed by atoms with Crippen molar-refractivity contribution in [2.24, 2.45) is 11.0 Å². The van der Waals surface area contributed by atoms with E-state index >= 15 is 0 Å². The molecule has 0 saturated carbocycles. The van der Waals surface area contributed by atoms with Gasteiger partial charge in [0, 0.05) is 17.9 Å². The van der Waals surface area contributed by atoms with E-state index in [9.17, 15) is 14.4 Å². The van der Waals surface area contributed by atoms with Crippen molar-refractivity contribution in [3.8, 4) is 0 Å². The summed E-state index contributed by atoms with van der Waals surface area (Å²) in [5, 5.41) is 9.00. The number of amides is 3. The molecule has 0 heterocycles. The van der Waals surface area contributed by atoms with Gasteiger partial charge in [-0.2, -0.15) is 5.10 Å². The summed E-state index contributed by atoms with van der Waals surface area (Å²) >= 11 is 0. The minimum Gasteiger partial charge on any atom is -0.348 e. The summed E-state index contributed by atoms with van der Waals surface area (Å²) in [5.74, 6) is -1.60. The lowest BCUT2D eigenvalue weighted by Crippen LogP contribution is -2.39. The van der Waals surface area contributed by atoms with Gasteiger partial charge in [0.15, 0.2) is 0 Å². The third-order valence-corrected chi connectivity index (χ3v) is 2.94. The molecule has 0 saturated heterocycles. The lowest BCUT2D eigenvalue weighted by molar-refractivity contribution is -0.139. The molecule has 3 N–H and O–H groups in total. The zero-order chi connectivity index (χ0) is 18.1. The molecular weight excluding hydrogens is 308 g/mol. The van der Waals surface area contributed by atoms with Crippen molar-refractivity contribution in [3.63, 3.8) is 0 Å². The molecule has 1 aromatic carbocycles. The summed E-state index contributed by atoms with van der Waals surface area (Å²) in [4.78, 5) is 34.9. The minimum absolute atomic E-state index is 0.0157. The van der Waals surface area contributed by atoms with E-state index in [4.69, 9.17) is 0 Å². The van der Waals surface area contributed by atoms with E-state index in [1.807, 2.05) is 39.0 Å². The summed E-state index contributed by atoms with van der Waals surface area (Å²) in [5.41, 5.74) is 4.27. The topological polar surface area (TPSA) is 99.7 Å². The molecule has 130 valence electrons. The van der Waals surface area contributed by atoms with Gasteiger partial charge in [-0.3, -0.25) is 14.4 Å². The molecule has 7 nitrogen and oxygen atoms in total. The Hall–Kier alpha value is -2.70. The Bertz CT molecular complexity index is 638. The van der Waals surface area contributed by atoms with Gasteiger partial charge in [0.2, 0.25) is 5.91 Å². The normalized spacial score (nSPS) is 11.1. The lowest BCUT2D eigenvalue weighted by Gasteiger charge is -2.07. The molecule has 1 rings (SSSR count). The quantitative estimate of drug-likeness (QED) is 0.419. The van der Waals surface area contributed by atoms with Gasteiger partial charge in [-0.15, -0.1) is 0 Å². The summed E-state index contributed by atoms with van der Waals surface area (Å²) in [6.45, 7) is 7.79. The average Bonchev–Trinajstić information content (AvgIpc) is 2.50. The SMILES string of the molecule is C/C(CC(=O)Nc1cccc(C)c1)=N\NC(=O)C(=O)NCC(C)C. The van der Waals surface area contributed by atoms with Crippen LogP contribution in [0.2, 0.25) is 0 Å². The summed E-state index contributed by atoms with van der Waals surface area (Å²) < 4.78 is 0. The van der Waals surface area contributed by atoms with Crippen LogP contribution in [-0.4, -0.2) is 30.0 Å². The second kappa shape index (κ2) is 9.44. The standard InChI is InChI=1S/C17H24N4O3/c1-11(2)10-18-16(23)17(24)21-20-13(4)9-15(22)19-14-7-5-6-12(3)8-14/h5-8,11H,9-10H2,1-4H3,(H,18,23)(H,19,22)(H,21,24)/b20-13+. The van der Waals surface area contributed by atoms with Gasteiger partial charge in [-0.1, -0.05) is 26.0 Å². The first-order valence-corrected chi connectivity index (χ1v) is 7.75. The molecule has 1 aromatic rings. The van der Waals surface area contributed by atoms with E-state index in [1.54, 1.807) is 13.0 Å². The number of hydrogen-bond donors (Lipinski definition) is 3. The number of nitrogens with one attached hydrogen (secondary N) is 3. The smallest absolute Gasteiger partial charge is 0.329 e. The van der Waals surface area contributed by atoms with Crippen molar-refractivity contribution in [3.05, 3.63) is 29.8 Å². The maximum absolute atomic E-state index is 11.9. The molecule has 0 aliphatic rings. The molecule has 0 spiro atoms. The molecule has 7 heteroatoms. The van der Waals surface area contributed by atoms with E-state index in [0.717, 1.165) is 5.56 Å². The van der Waals surface area contributed by atoms with Gasteiger partial charge in [-0.05, 0) is 37.5 Å². The number of aryl methyl sites for hydroxylation is 1. The fourth-order valence-corrected chi connectivity index (χ4v) is 1.77. The maximum atomic E-state index is 11.9. The number of carbonyl (C=O) groups is 3. The molecule has 0 aliphatic heterocycles. The third-order valence-electron chi connectivity index (χ3n) is 2.94. The number of carbonyl (C=O) groups excluding carboxylic acids is 3. The van der Waals surface area contributed by atoms with Crippen LogP contribution in [0.5, 0.6) is 0 Å². The summed E-state index contributed by atoms with van der Waals surface area (Å²) in [7, 11) is 0. The Morgan fingerprint density at radius 1 is 1.17 bits per heavy atom. The van der Waals surface area contributed by atoms with Gasteiger partial charge < -0.3 is 10.6 Å². The zero-order valence-electron chi connectivity index (χ0n) is 14.5. The lowest BCUT2D eigenvalue weighted by atomic mass is 10.2. The predicted molar refractivity (Wildman–Crippen MR) is 93.5 cm³/mol. The second-order valence-electron chi connectivity index (χ2n) is 5.99. The van der Waals surface area contributed by atoms with Gasteiger partial charge in [0.1, 0.15) is 0 Å². The van der Waals surface area contributed by atoms with Crippen LogP contribution in [0.25, 0.3) is 0 Å². The van der Waals surface area contributed by atoms with Crippen molar-refractivity contribution in [2.45, 2.75) is 34.1 Å². The molecule has 0 unspecified atom stereocenters. The maximum Gasteiger partial charge on any atom is 0.329 e. The van der Waals surface area contributed by atoms with Gasteiger partial charge in [0.05, 0.1) is 6.42 Å². The number of hydrazone groups is 1. The highest BCUT2D eigenvalue weighted by molar-refractivity contribution is 6.35.